The molecule has 164 valence electrons. The van der Waals surface area contributed by atoms with E-state index in [2.05, 4.69) is 15.8 Å². The van der Waals surface area contributed by atoms with Gasteiger partial charge in [0, 0.05) is 10.7 Å². The molecule has 0 radical (unpaired) electrons. The van der Waals surface area contributed by atoms with Crippen LogP contribution in [0.4, 0.5) is 11.7 Å². The second-order valence-electron chi connectivity index (χ2n) is 7.45. The zero-order valence-corrected chi connectivity index (χ0v) is 18.7. The summed E-state index contributed by atoms with van der Waals surface area (Å²) in [6.45, 7) is 1.89. The molecule has 8 nitrogen and oxygen atoms in total. The van der Waals surface area contributed by atoms with Gasteiger partial charge in [-0.05, 0) is 61.7 Å². The third-order valence-corrected chi connectivity index (χ3v) is 7.06. The topological polar surface area (TPSA) is 116 Å². The van der Waals surface area contributed by atoms with E-state index in [1.165, 1.54) is 0 Å². The molecule has 10 heteroatoms. The van der Waals surface area contributed by atoms with E-state index in [-0.39, 0.29) is 17.5 Å². The molecule has 2 aromatic carbocycles. The van der Waals surface area contributed by atoms with Crippen molar-refractivity contribution in [1.29, 1.82) is 5.26 Å². The van der Waals surface area contributed by atoms with Gasteiger partial charge >= 0.3 is 6.01 Å². The lowest BCUT2D eigenvalue weighted by Gasteiger charge is -2.21. The average Bonchev–Trinajstić information content (AvgIpc) is 3.56. The van der Waals surface area contributed by atoms with Crippen LogP contribution in [0.15, 0.2) is 52.9 Å². The highest BCUT2D eigenvalue weighted by atomic mass is 35.5. The Kier molecular flexibility index (Phi) is 5.91. The molecular formula is C22H19ClN4O4S. The summed E-state index contributed by atoms with van der Waals surface area (Å²) >= 11 is 5.99. The molecule has 1 heterocycles. The van der Waals surface area contributed by atoms with Gasteiger partial charge in [-0.2, -0.15) is 10.2 Å². The minimum atomic E-state index is -3.71. The molecule has 0 atom stereocenters. The second-order valence-corrected chi connectivity index (χ2v) is 9.85. The fraction of sp³-hybridized carbons (Fsp3) is 0.227. The first-order valence-electron chi connectivity index (χ1n) is 9.82. The van der Waals surface area contributed by atoms with Crippen molar-refractivity contribution >= 4 is 39.2 Å². The molecule has 0 bridgehead atoms. The van der Waals surface area contributed by atoms with E-state index in [4.69, 9.17) is 21.3 Å². The van der Waals surface area contributed by atoms with E-state index in [9.17, 15) is 13.2 Å². The lowest BCUT2D eigenvalue weighted by Crippen LogP contribution is -2.33. The van der Waals surface area contributed by atoms with Crippen molar-refractivity contribution in [2.45, 2.75) is 31.6 Å². The van der Waals surface area contributed by atoms with Gasteiger partial charge in [0.2, 0.25) is 10.0 Å². The van der Waals surface area contributed by atoms with Gasteiger partial charge in [-0.25, -0.2) is 13.1 Å². The number of nitriles is 1. The number of rotatable bonds is 7. The Labute approximate surface area is 190 Å². The van der Waals surface area contributed by atoms with Crippen LogP contribution in [0.1, 0.15) is 40.2 Å². The summed E-state index contributed by atoms with van der Waals surface area (Å²) in [5.41, 5.74) is 1.97. The fourth-order valence-corrected chi connectivity index (χ4v) is 4.51. The van der Waals surface area contributed by atoms with Gasteiger partial charge in [0.05, 0.1) is 23.4 Å². The molecule has 1 aromatic heterocycles. The summed E-state index contributed by atoms with van der Waals surface area (Å²) in [5.74, 6) is -0.631. The smallest absolute Gasteiger partial charge is 0.303 e. The van der Waals surface area contributed by atoms with Crippen LogP contribution in [0.3, 0.4) is 0 Å². The van der Waals surface area contributed by atoms with Gasteiger partial charge in [-0.3, -0.25) is 9.69 Å². The van der Waals surface area contributed by atoms with E-state index >= 15 is 0 Å². The lowest BCUT2D eigenvalue weighted by atomic mass is 10.1. The SMILES string of the molecule is Cc1oc(N(Cc2ccc(Cl)cc2)c2ccc(C#N)cc2)nc1C(=O)NS(=O)(=O)C1CC1. The van der Waals surface area contributed by atoms with Crippen LogP contribution in [-0.4, -0.2) is 24.6 Å². The summed E-state index contributed by atoms with van der Waals surface area (Å²) in [6, 6.07) is 16.2. The van der Waals surface area contributed by atoms with Crippen LogP contribution in [0.25, 0.3) is 0 Å². The van der Waals surface area contributed by atoms with Crippen LogP contribution in [0.2, 0.25) is 5.02 Å². The largest absolute Gasteiger partial charge is 0.428 e. The van der Waals surface area contributed by atoms with E-state index in [0.29, 0.717) is 35.7 Å². The molecule has 1 N–H and O–H groups in total. The van der Waals surface area contributed by atoms with Gasteiger partial charge in [0.1, 0.15) is 5.76 Å². The van der Waals surface area contributed by atoms with Crippen molar-refractivity contribution in [2.24, 2.45) is 0 Å². The number of halogens is 1. The van der Waals surface area contributed by atoms with Crippen molar-refractivity contribution in [3.8, 4) is 6.07 Å². The predicted molar refractivity (Wildman–Crippen MR) is 119 cm³/mol. The number of carbonyl (C=O) groups is 1. The van der Waals surface area contributed by atoms with Crippen LogP contribution in [-0.2, 0) is 16.6 Å². The van der Waals surface area contributed by atoms with E-state index in [0.717, 1.165) is 5.56 Å². The first kappa shape index (κ1) is 21.9. The monoisotopic (exact) mass is 470 g/mol. The highest BCUT2D eigenvalue weighted by Gasteiger charge is 2.38. The maximum Gasteiger partial charge on any atom is 0.303 e. The average molecular weight is 471 g/mol. The van der Waals surface area contributed by atoms with Gasteiger partial charge in [0.25, 0.3) is 5.91 Å². The molecule has 1 aliphatic rings. The Hall–Kier alpha value is -3.35. The molecule has 1 amide bonds. The fourth-order valence-electron chi connectivity index (χ4n) is 3.11. The summed E-state index contributed by atoms with van der Waals surface area (Å²) in [5, 5.41) is 9.15. The molecule has 0 aliphatic heterocycles. The highest BCUT2D eigenvalue weighted by Crippen LogP contribution is 2.30. The Morgan fingerprint density at radius 3 is 2.47 bits per heavy atom. The minimum Gasteiger partial charge on any atom is -0.428 e. The summed E-state index contributed by atoms with van der Waals surface area (Å²) in [7, 11) is -3.71. The third-order valence-electron chi connectivity index (χ3n) is 4.99. The van der Waals surface area contributed by atoms with Crippen LogP contribution in [0.5, 0.6) is 0 Å². The molecule has 1 saturated carbocycles. The zero-order chi connectivity index (χ0) is 22.9. The third kappa shape index (κ3) is 4.77. The van der Waals surface area contributed by atoms with Crippen molar-refractivity contribution in [1.82, 2.24) is 9.71 Å². The van der Waals surface area contributed by atoms with Gasteiger partial charge < -0.3 is 4.42 Å². The standard InChI is InChI=1S/C22H19ClN4O4S/c1-14-20(21(28)26-32(29,30)19-10-11-19)25-22(31-14)27(13-16-2-6-17(23)7-3-16)18-8-4-15(12-24)5-9-18/h2-9,19H,10-11,13H2,1H3,(H,26,28). The maximum absolute atomic E-state index is 12.6. The van der Waals surface area contributed by atoms with E-state index in [1.54, 1.807) is 48.2 Å². The van der Waals surface area contributed by atoms with Crippen molar-refractivity contribution in [2.75, 3.05) is 4.90 Å². The zero-order valence-electron chi connectivity index (χ0n) is 17.1. The molecule has 1 aliphatic carbocycles. The van der Waals surface area contributed by atoms with Crippen molar-refractivity contribution in [3.05, 3.63) is 76.1 Å². The van der Waals surface area contributed by atoms with E-state index < -0.39 is 21.2 Å². The Balaban J connectivity index is 1.67. The summed E-state index contributed by atoms with van der Waals surface area (Å²) < 4.78 is 32.1. The molecule has 1 fully saturated rings. The number of aromatic nitrogens is 1. The second kappa shape index (κ2) is 8.65. The Morgan fingerprint density at radius 1 is 1.22 bits per heavy atom. The van der Waals surface area contributed by atoms with Crippen LogP contribution < -0.4 is 9.62 Å². The summed E-state index contributed by atoms with van der Waals surface area (Å²) in [6.07, 6.45) is 1.08. The lowest BCUT2D eigenvalue weighted by molar-refractivity contribution is 0.0975. The number of hydrogen-bond acceptors (Lipinski definition) is 7. The summed E-state index contributed by atoms with van der Waals surface area (Å²) in [4.78, 5) is 18.6. The van der Waals surface area contributed by atoms with Crippen LogP contribution in [0, 0.1) is 18.3 Å². The molecule has 0 spiro atoms. The number of anilines is 2. The van der Waals surface area contributed by atoms with E-state index in [1.807, 2.05) is 12.1 Å². The minimum absolute atomic E-state index is 0.0982. The Morgan fingerprint density at radius 2 is 1.88 bits per heavy atom. The quantitative estimate of drug-likeness (QED) is 0.553. The molecule has 4 rings (SSSR count). The molecule has 32 heavy (non-hydrogen) atoms. The number of benzene rings is 2. The molecule has 0 unspecified atom stereocenters. The number of carbonyl (C=O) groups excluding carboxylic acids is 1. The number of nitrogens with one attached hydrogen (secondary N) is 1. The van der Waals surface area contributed by atoms with Crippen molar-refractivity contribution in [3.63, 3.8) is 0 Å². The van der Waals surface area contributed by atoms with Gasteiger partial charge in [-0.1, -0.05) is 23.7 Å². The van der Waals surface area contributed by atoms with Gasteiger partial charge in [-0.15, -0.1) is 0 Å². The molecule has 3 aromatic rings. The number of aryl methyl sites for hydroxylation is 1. The number of oxazole rings is 1. The predicted octanol–water partition coefficient (Wildman–Crippen LogP) is 4.07. The molecular weight excluding hydrogens is 452 g/mol. The number of nitrogens with zero attached hydrogens (tertiary/aromatic N) is 3. The normalized spacial score (nSPS) is 13.4. The number of sulfonamides is 1. The first-order valence-corrected chi connectivity index (χ1v) is 11.7. The molecule has 0 saturated heterocycles. The van der Waals surface area contributed by atoms with Crippen LogP contribution >= 0.6 is 11.6 Å². The number of amides is 1. The Bertz CT molecular complexity index is 1290. The highest BCUT2D eigenvalue weighted by molar-refractivity contribution is 7.91. The van der Waals surface area contributed by atoms with Crippen molar-refractivity contribution < 1.29 is 17.6 Å². The van der Waals surface area contributed by atoms with Gasteiger partial charge in [0.15, 0.2) is 5.69 Å². The first-order chi connectivity index (χ1) is 15.3. The number of hydrogen-bond donors (Lipinski definition) is 1. The maximum atomic E-state index is 12.6.